The molecule has 0 N–H and O–H groups in total. The zero-order valence-electron chi connectivity index (χ0n) is 20.1. The summed E-state index contributed by atoms with van der Waals surface area (Å²) < 4.78 is 0. The van der Waals surface area contributed by atoms with Gasteiger partial charge in [-0.2, -0.15) is 0 Å². The largest absolute Gasteiger partial charge is 0.421 e. The second-order valence-electron chi connectivity index (χ2n) is 8.59. The van der Waals surface area contributed by atoms with Crippen molar-refractivity contribution in [3.63, 3.8) is 0 Å². The zero-order valence-corrected chi connectivity index (χ0v) is 20.1. The Morgan fingerprint density at radius 2 is 0.771 bits per heavy atom. The van der Waals surface area contributed by atoms with Crippen molar-refractivity contribution in [2.45, 2.75) is 13.8 Å². The van der Waals surface area contributed by atoms with E-state index in [1.807, 2.05) is 13.8 Å². The van der Waals surface area contributed by atoms with E-state index in [0.717, 1.165) is 0 Å². The van der Waals surface area contributed by atoms with E-state index in [4.69, 9.17) is 0 Å². The summed E-state index contributed by atoms with van der Waals surface area (Å²) in [6.45, 7) is 4.01. The number of rotatable bonds is 2. The van der Waals surface area contributed by atoms with Crippen LogP contribution in [-0.2, 0) is 0 Å². The van der Waals surface area contributed by atoms with E-state index in [1.165, 1.54) is 50.5 Å². The molecule has 2 heterocycles. The number of benzene rings is 5. The predicted molar refractivity (Wildman–Crippen MR) is 151 cm³/mol. The number of fused-ring (bicyclic) bond motifs is 4. The minimum absolute atomic E-state index is 0.00537. The van der Waals surface area contributed by atoms with Crippen molar-refractivity contribution in [3.8, 4) is 22.3 Å². The number of anilines is 4. The maximum Gasteiger partial charge on any atom is 0.421 e. The van der Waals surface area contributed by atoms with Gasteiger partial charge in [-0.1, -0.05) is 105 Å². The van der Waals surface area contributed by atoms with Crippen LogP contribution < -0.4 is 15.1 Å². The lowest BCUT2D eigenvalue weighted by Crippen LogP contribution is -2.61. The molecule has 0 bridgehead atoms. The van der Waals surface area contributed by atoms with Gasteiger partial charge in [-0.15, -0.1) is 0 Å². The van der Waals surface area contributed by atoms with Crippen molar-refractivity contribution < 1.29 is 0 Å². The Morgan fingerprint density at radius 1 is 0.400 bits per heavy atom. The summed E-state index contributed by atoms with van der Waals surface area (Å²) in [6.07, 6.45) is 0. The molecule has 0 atom stereocenters. The molecule has 0 spiro atoms. The second-order valence-corrected chi connectivity index (χ2v) is 8.59. The van der Waals surface area contributed by atoms with Gasteiger partial charge in [0, 0.05) is 33.9 Å². The number of hydrogen-bond acceptors (Lipinski definition) is 2. The van der Waals surface area contributed by atoms with Crippen molar-refractivity contribution in [1.29, 1.82) is 0 Å². The first-order valence-electron chi connectivity index (χ1n) is 12.4. The van der Waals surface area contributed by atoms with Crippen LogP contribution in [0.3, 0.4) is 0 Å². The van der Waals surface area contributed by atoms with E-state index in [-0.39, 0.29) is 6.98 Å². The van der Waals surface area contributed by atoms with Crippen LogP contribution in [0.1, 0.15) is 13.8 Å². The highest BCUT2D eigenvalue weighted by molar-refractivity contribution is 6.86. The number of para-hydroxylation sites is 4. The molecule has 0 aromatic heterocycles. The predicted octanol–water partition coefficient (Wildman–Crippen LogP) is 8.05. The summed E-state index contributed by atoms with van der Waals surface area (Å²) in [7, 11) is 0. The van der Waals surface area contributed by atoms with Gasteiger partial charge in [0.05, 0.1) is 0 Å². The minimum atomic E-state index is 0.00537. The van der Waals surface area contributed by atoms with Gasteiger partial charge in [-0.3, -0.25) is 0 Å². The molecule has 35 heavy (non-hydrogen) atoms. The maximum atomic E-state index is 2.50. The van der Waals surface area contributed by atoms with Gasteiger partial charge in [-0.25, -0.2) is 0 Å². The lowest BCUT2D eigenvalue weighted by atomic mass is 9.53. The Bertz CT molecular complexity index is 1370. The molecule has 0 fully saturated rings. The van der Waals surface area contributed by atoms with Crippen LogP contribution in [0, 0.1) is 0 Å². The summed E-state index contributed by atoms with van der Waals surface area (Å²) in [6, 6.07) is 45.9. The fraction of sp³-hybridized carbons (Fsp3) is 0.0625. The highest BCUT2D eigenvalue weighted by atomic mass is 15.2. The Kier molecular flexibility index (Phi) is 5.39. The van der Waals surface area contributed by atoms with E-state index >= 15 is 0 Å². The Balaban J connectivity index is 0.00000112. The van der Waals surface area contributed by atoms with Crippen LogP contribution in [0.5, 0.6) is 0 Å². The monoisotopic (exact) mass is 450 g/mol. The van der Waals surface area contributed by atoms with Gasteiger partial charge < -0.3 is 9.62 Å². The van der Waals surface area contributed by atoms with Gasteiger partial charge in [-0.05, 0) is 53.0 Å². The first kappa shape index (κ1) is 21.3. The molecule has 5 aromatic carbocycles. The maximum absolute atomic E-state index is 2.50. The van der Waals surface area contributed by atoms with E-state index < -0.39 is 0 Å². The third kappa shape index (κ3) is 3.27. The molecule has 2 aliphatic heterocycles. The first-order chi connectivity index (χ1) is 17.4. The van der Waals surface area contributed by atoms with Crippen LogP contribution in [-0.4, -0.2) is 6.98 Å². The third-order valence-electron chi connectivity index (χ3n) is 6.83. The Hall–Kier alpha value is -4.24. The smallest absolute Gasteiger partial charge is 0.361 e. The summed E-state index contributed by atoms with van der Waals surface area (Å²) in [4.78, 5) is 5.01. The fourth-order valence-corrected chi connectivity index (χ4v) is 5.51. The van der Waals surface area contributed by atoms with Gasteiger partial charge >= 0.3 is 6.98 Å². The summed E-state index contributed by atoms with van der Waals surface area (Å²) in [5, 5.41) is 0. The lowest BCUT2D eigenvalue weighted by molar-refractivity contribution is 1.26. The van der Waals surface area contributed by atoms with Crippen molar-refractivity contribution in [2.24, 2.45) is 0 Å². The topological polar surface area (TPSA) is 6.48 Å². The lowest BCUT2D eigenvalue weighted by Gasteiger charge is -2.47. The number of hydrogen-bond donors (Lipinski definition) is 0. The first-order valence-corrected chi connectivity index (χ1v) is 12.4. The summed E-state index contributed by atoms with van der Waals surface area (Å²) in [5.74, 6) is 0. The van der Waals surface area contributed by atoms with Crippen LogP contribution in [0.15, 0.2) is 127 Å². The SMILES string of the molecule is CC.c1ccc(N2B3c4c(cccc4-c4ccccc4N3c3ccccc3)-c3ccccc32)cc1. The molecule has 2 nitrogen and oxygen atoms in total. The van der Waals surface area contributed by atoms with Gasteiger partial charge in [0.2, 0.25) is 0 Å². The van der Waals surface area contributed by atoms with Crippen molar-refractivity contribution in [2.75, 3.05) is 9.62 Å². The quantitative estimate of drug-likeness (QED) is 0.251. The molecule has 0 unspecified atom stereocenters. The molecule has 0 saturated carbocycles. The third-order valence-corrected chi connectivity index (χ3v) is 6.83. The molecule has 2 aliphatic rings. The molecule has 0 aliphatic carbocycles. The van der Waals surface area contributed by atoms with E-state index in [9.17, 15) is 0 Å². The molecular formula is C32H27BN2. The van der Waals surface area contributed by atoms with Crippen molar-refractivity contribution >= 4 is 35.2 Å². The van der Waals surface area contributed by atoms with E-state index in [2.05, 4.69) is 137 Å². The van der Waals surface area contributed by atoms with Gasteiger partial charge in [0.15, 0.2) is 0 Å². The van der Waals surface area contributed by atoms with Crippen molar-refractivity contribution in [3.05, 3.63) is 127 Å². The average Bonchev–Trinajstić information content (AvgIpc) is 2.95. The highest BCUT2D eigenvalue weighted by Crippen LogP contribution is 2.48. The number of nitrogens with zero attached hydrogens (tertiary/aromatic N) is 2. The van der Waals surface area contributed by atoms with E-state index in [1.54, 1.807) is 0 Å². The van der Waals surface area contributed by atoms with Crippen molar-refractivity contribution in [1.82, 2.24) is 0 Å². The molecule has 0 amide bonds. The standard InChI is InChI=1S/C30H21BN2.C2H6/c1-3-12-22(13-4-1)32-28-20-9-7-16-24(28)26-18-11-19-27-25-17-8-10-21-29(25)33(31(32)30(26)27)23-14-5-2-6-15-23;1-2/h1-21H;1-2H3. The zero-order chi connectivity index (χ0) is 23.8. The van der Waals surface area contributed by atoms with Gasteiger partial charge in [0.1, 0.15) is 0 Å². The van der Waals surface area contributed by atoms with Crippen LogP contribution >= 0.6 is 0 Å². The second kappa shape index (κ2) is 8.85. The molecule has 7 rings (SSSR count). The molecule has 5 aromatic rings. The Morgan fingerprint density at radius 3 is 1.23 bits per heavy atom. The molecule has 0 radical (unpaired) electrons. The molecular weight excluding hydrogens is 423 g/mol. The molecule has 3 heteroatoms. The van der Waals surface area contributed by atoms with E-state index in [0.29, 0.717) is 0 Å². The Labute approximate surface area is 208 Å². The molecule has 168 valence electrons. The van der Waals surface area contributed by atoms with Crippen LogP contribution in [0.2, 0.25) is 0 Å². The summed E-state index contributed by atoms with van der Waals surface area (Å²) in [5.41, 5.74) is 11.4. The minimum Gasteiger partial charge on any atom is -0.361 e. The summed E-state index contributed by atoms with van der Waals surface area (Å²) >= 11 is 0. The van der Waals surface area contributed by atoms with Crippen LogP contribution in [0.25, 0.3) is 22.3 Å². The van der Waals surface area contributed by atoms with Gasteiger partial charge in [0.25, 0.3) is 0 Å². The molecule has 0 saturated heterocycles. The highest BCUT2D eigenvalue weighted by Gasteiger charge is 2.46. The van der Waals surface area contributed by atoms with Crippen LogP contribution in [0.4, 0.5) is 22.7 Å². The normalized spacial score (nSPS) is 12.7. The fourth-order valence-electron chi connectivity index (χ4n) is 5.51. The average molecular weight is 450 g/mol.